The third-order valence-corrected chi connectivity index (χ3v) is 5.76. The lowest BCUT2D eigenvalue weighted by Crippen LogP contribution is -2.35. The topological polar surface area (TPSA) is 109 Å². The van der Waals surface area contributed by atoms with Gasteiger partial charge in [-0.1, -0.05) is 5.21 Å². The number of likely N-dealkylation sites (tertiary alicyclic amines) is 1. The second-order valence-electron chi connectivity index (χ2n) is 7.30. The van der Waals surface area contributed by atoms with Crippen LogP contribution in [0.15, 0.2) is 36.1 Å². The molecule has 0 amide bonds. The lowest BCUT2D eigenvalue weighted by atomic mass is 9.97. The number of nitrogens with zero attached hydrogens (tertiary/aromatic N) is 6. The molecule has 1 fully saturated rings. The Balaban J connectivity index is 0.000000360. The predicted molar refractivity (Wildman–Crippen MR) is 109 cm³/mol. The Morgan fingerprint density at radius 2 is 2.00 bits per heavy atom. The molecular formula is C19H23F3N6O3S. The summed E-state index contributed by atoms with van der Waals surface area (Å²) in [4.78, 5) is 15.8. The third-order valence-electron chi connectivity index (χ3n) is 4.99. The largest absolute Gasteiger partial charge is 0.490 e. The minimum atomic E-state index is -5.08. The van der Waals surface area contributed by atoms with Gasteiger partial charge in [-0.15, -0.1) is 16.4 Å². The van der Waals surface area contributed by atoms with Gasteiger partial charge in [-0.05, 0) is 44.0 Å². The second-order valence-corrected chi connectivity index (χ2v) is 8.17. The van der Waals surface area contributed by atoms with E-state index in [2.05, 4.69) is 43.1 Å². The molecule has 13 heteroatoms. The van der Waals surface area contributed by atoms with Crippen molar-refractivity contribution in [3.63, 3.8) is 0 Å². The quantitative estimate of drug-likeness (QED) is 0.568. The molecule has 0 aliphatic carbocycles. The maximum Gasteiger partial charge on any atom is 0.490 e. The average Bonchev–Trinajstić information content (AvgIpc) is 3.51. The number of carboxylic acids is 1. The molecule has 0 radical (unpaired) electrons. The summed E-state index contributed by atoms with van der Waals surface area (Å²) in [6.07, 6.45) is 3.01. The molecule has 0 atom stereocenters. The minimum absolute atomic E-state index is 0.0445. The summed E-state index contributed by atoms with van der Waals surface area (Å²) >= 11 is 1.66. The summed E-state index contributed by atoms with van der Waals surface area (Å²) < 4.78 is 35.8. The van der Waals surface area contributed by atoms with Crippen molar-refractivity contribution >= 4 is 17.3 Å². The van der Waals surface area contributed by atoms with Crippen LogP contribution in [0.5, 0.6) is 0 Å². The molecule has 9 nitrogen and oxygen atoms in total. The van der Waals surface area contributed by atoms with Gasteiger partial charge in [0.25, 0.3) is 0 Å². The highest BCUT2D eigenvalue weighted by Crippen LogP contribution is 2.22. The van der Waals surface area contributed by atoms with Crippen molar-refractivity contribution < 1.29 is 28.2 Å². The van der Waals surface area contributed by atoms with Crippen LogP contribution in [0.25, 0.3) is 5.13 Å². The summed E-state index contributed by atoms with van der Waals surface area (Å²) in [7, 11) is 0. The van der Waals surface area contributed by atoms with Gasteiger partial charge in [-0.3, -0.25) is 14.1 Å². The number of thiazole rings is 1. The van der Waals surface area contributed by atoms with Gasteiger partial charge < -0.3 is 10.2 Å². The van der Waals surface area contributed by atoms with Crippen molar-refractivity contribution in [1.29, 1.82) is 0 Å². The summed E-state index contributed by atoms with van der Waals surface area (Å²) in [5.74, 6) is -2.14. The molecule has 3 aromatic heterocycles. The third kappa shape index (κ3) is 6.61. The number of alkyl halides is 3. The first-order valence-corrected chi connectivity index (χ1v) is 10.7. The van der Waals surface area contributed by atoms with Gasteiger partial charge >= 0.3 is 12.1 Å². The average molecular weight is 472 g/mol. The van der Waals surface area contributed by atoms with Gasteiger partial charge in [0.15, 0.2) is 5.13 Å². The lowest BCUT2D eigenvalue weighted by Gasteiger charge is -2.31. The summed E-state index contributed by atoms with van der Waals surface area (Å²) in [5, 5.41) is 27.3. The predicted octanol–water partition coefficient (Wildman–Crippen LogP) is 2.56. The molecule has 0 bridgehead atoms. The van der Waals surface area contributed by atoms with Crippen molar-refractivity contribution in [3.8, 4) is 5.13 Å². The van der Waals surface area contributed by atoms with Gasteiger partial charge in [0.1, 0.15) is 5.69 Å². The highest BCUT2D eigenvalue weighted by Gasteiger charge is 2.38. The van der Waals surface area contributed by atoms with E-state index in [1.165, 1.54) is 5.69 Å². The number of aliphatic hydroxyl groups excluding tert-OH is 1. The molecule has 0 spiro atoms. The standard InChI is InChI=1S/C17H22N6OS.C2HF3O2/c24-13-15-11-22(20-19-15)10-14-3-7-21(8-4-14)12-16-2-1-6-23(16)17-18-5-9-25-17;3-2(4,5)1(6)7/h1-2,5-6,9,11,14,24H,3-4,7-8,10,12-13H2;(H,6,7). The van der Waals surface area contributed by atoms with E-state index in [0.29, 0.717) is 11.6 Å². The van der Waals surface area contributed by atoms with Crippen LogP contribution in [0.4, 0.5) is 13.2 Å². The van der Waals surface area contributed by atoms with Crippen LogP contribution in [0.2, 0.25) is 0 Å². The number of piperidine rings is 1. The van der Waals surface area contributed by atoms with Gasteiger partial charge in [-0.2, -0.15) is 13.2 Å². The zero-order valence-corrected chi connectivity index (χ0v) is 17.8. The second kappa shape index (κ2) is 10.7. The summed E-state index contributed by atoms with van der Waals surface area (Å²) in [6, 6.07) is 4.27. The minimum Gasteiger partial charge on any atom is -0.475 e. The van der Waals surface area contributed by atoms with Crippen LogP contribution in [0.1, 0.15) is 24.2 Å². The maximum absolute atomic E-state index is 10.6. The van der Waals surface area contributed by atoms with Crippen molar-refractivity contribution in [3.05, 3.63) is 47.5 Å². The monoisotopic (exact) mass is 472 g/mol. The van der Waals surface area contributed by atoms with Crippen LogP contribution in [-0.2, 0) is 24.5 Å². The van der Waals surface area contributed by atoms with Gasteiger partial charge in [0.2, 0.25) is 0 Å². The van der Waals surface area contributed by atoms with E-state index in [9.17, 15) is 13.2 Å². The number of aliphatic carboxylic acids is 1. The number of carboxylic acid groups (broad SMARTS) is 1. The van der Waals surface area contributed by atoms with Crippen LogP contribution >= 0.6 is 11.3 Å². The van der Waals surface area contributed by atoms with Crippen LogP contribution in [0, 0.1) is 5.92 Å². The zero-order valence-electron chi connectivity index (χ0n) is 17.0. The highest BCUT2D eigenvalue weighted by molar-refractivity contribution is 7.12. The van der Waals surface area contributed by atoms with Crippen molar-refractivity contribution in [2.45, 2.75) is 38.7 Å². The molecule has 3 aromatic rings. The zero-order chi connectivity index (χ0) is 23.1. The molecule has 4 rings (SSSR count). The van der Waals surface area contributed by atoms with E-state index in [0.717, 1.165) is 44.2 Å². The van der Waals surface area contributed by atoms with Crippen molar-refractivity contribution in [1.82, 2.24) is 29.4 Å². The Labute approximate surface area is 185 Å². The molecule has 4 heterocycles. The van der Waals surface area contributed by atoms with Crippen LogP contribution < -0.4 is 0 Å². The number of aromatic nitrogens is 5. The Morgan fingerprint density at radius 3 is 2.56 bits per heavy atom. The Bertz CT molecular complexity index is 981. The Hall–Kier alpha value is -2.77. The maximum atomic E-state index is 10.6. The first kappa shape index (κ1) is 23.9. The number of halogens is 3. The molecule has 0 saturated carbocycles. The highest BCUT2D eigenvalue weighted by atomic mass is 32.1. The van der Waals surface area contributed by atoms with E-state index >= 15 is 0 Å². The Morgan fingerprint density at radius 1 is 1.28 bits per heavy atom. The number of hydrogen-bond donors (Lipinski definition) is 2. The van der Waals surface area contributed by atoms with Gasteiger partial charge in [-0.25, -0.2) is 9.78 Å². The number of rotatable bonds is 6. The number of carbonyl (C=O) groups is 1. The normalized spacial score (nSPS) is 15.4. The van der Waals surface area contributed by atoms with Crippen molar-refractivity contribution in [2.75, 3.05) is 13.1 Å². The van der Waals surface area contributed by atoms with E-state index < -0.39 is 12.1 Å². The molecule has 0 unspecified atom stereocenters. The van der Waals surface area contributed by atoms with E-state index in [4.69, 9.17) is 15.0 Å². The van der Waals surface area contributed by atoms with E-state index in [-0.39, 0.29) is 6.61 Å². The number of aliphatic hydroxyl groups is 1. The molecule has 2 N–H and O–H groups in total. The summed E-state index contributed by atoms with van der Waals surface area (Å²) in [5.41, 5.74) is 1.93. The van der Waals surface area contributed by atoms with E-state index in [1.807, 2.05) is 22.5 Å². The Kier molecular flexibility index (Phi) is 7.99. The van der Waals surface area contributed by atoms with Crippen molar-refractivity contribution in [2.24, 2.45) is 5.92 Å². The fourth-order valence-corrected chi connectivity index (χ4v) is 4.04. The molecule has 32 heavy (non-hydrogen) atoms. The van der Waals surface area contributed by atoms with Crippen LogP contribution in [-0.4, -0.2) is 64.9 Å². The first-order valence-electron chi connectivity index (χ1n) is 9.84. The molecule has 1 saturated heterocycles. The fourth-order valence-electron chi connectivity index (χ4n) is 3.39. The fraction of sp³-hybridized carbons (Fsp3) is 0.474. The first-order chi connectivity index (χ1) is 15.3. The van der Waals surface area contributed by atoms with Gasteiger partial charge in [0.05, 0.1) is 12.8 Å². The van der Waals surface area contributed by atoms with Gasteiger partial charge in [0, 0.05) is 36.6 Å². The molecular weight excluding hydrogens is 449 g/mol. The SMILES string of the molecule is O=C(O)C(F)(F)F.OCc1cn(CC2CCN(Cc3cccn3-c3nccs3)CC2)nn1. The molecule has 174 valence electrons. The number of hydrogen-bond acceptors (Lipinski definition) is 7. The molecule has 1 aliphatic rings. The smallest absolute Gasteiger partial charge is 0.475 e. The molecule has 1 aliphatic heterocycles. The lowest BCUT2D eigenvalue weighted by molar-refractivity contribution is -0.192. The molecule has 0 aromatic carbocycles. The van der Waals surface area contributed by atoms with E-state index in [1.54, 1.807) is 11.3 Å². The summed E-state index contributed by atoms with van der Waals surface area (Å²) in [6.45, 7) is 3.98. The van der Waals surface area contributed by atoms with Crippen LogP contribution in [0.3, 0.4) is 0 Å².